The van der Waals surface area contributed by atoms with E-state index in [-0.39, 0.29) is 0 Å². The van der Waals surface area contributed by atoms with Gasteiger partial charge in [-0.05, 0) is 25.1 Å². The molecule has 5 heteroatoms. The first-order valence-electron chi connectivity index (χ1n) is 6.76. The maximum absolute atomic E-state index is 5.22. The fourth-order valence-electron chi connectivity index (χ4n) is 2.05. The lowest BCUT2D eigenvalue weighted by Crippen LogP contribution is -2.03. The molecule has 0 spiro atoms. The average Bonchev–Trinajstić information content (AvgIpc) is 2.92. The van der Waals surface area contributed by atoms with Crippen LogP contribution in [0, 0.1) is 13.8 Å². The van der Waals surface area contributed by atoms with E-state index < -0.39 is 0 Å². The molecule has 106 valence electrons. The lowest BCUT2D eigenvalue weighted by Gasteiger charge is -2.06. The Hall–Kier alpha value is -2.69. The van der Waals surface area contributed by atoms with Crippen LogP contribution >= 0.6 is 0 Å². The van der Waals surface area contributed by atoms with Crippen molar-refractivity contribution < 1.29 is 4.42 Å². The van der Waals surface area contributed by atoms with E-state index in [1.807, 2.05) is 44.2 Å². The minimum atomic E-state index is 0.672. The molecule has 21 heavy (non-hydrogen) atoms. The van der Waals surface area contributed by atoms with Gasteiger partial charge in [-0.1, -0.05) is 12.1 Å². The van der Waals surface area contributed by atoms with Crippen molar-refractivity contribution in [2.75, 3.05) is 5.32 Å². The van der Waals surface area contributed by atoms with Crippen molar-refractivity contribution in [1.29, 1.82) is 0 Å². The summed E-state index contributed by atoms with van der Waals surface area (Å²) in [6.07, 6.45) is 3.44. The Morgan fingerprint density at radius 1 is 1.05 bits per heavy atom. The molecular weight excluding hydrogens is 264 g/mol. The highest BCUT2D eigenvalue weighted by atomic mass is 16.3. The van der Waals surface area contributed by atoms with Gasteiger partial charge in [-0.15, -0.1) is 0 Å². The number of anilines is 1. The van der Waals surface area contributed by atoms with Crippen LogP contribution in [0.4, 0.5) is 5.69 Å². The molecule has 1 N–H and O–H groups in total. The van der Waals surface area contributed by atoms with Gasteiger partial charge in [0.25, 0.3) is 0 Å². The van der Waals surface area contributed by atoms with Gasteiger partial charge in [0.15, 0.2) is 5.89 Å². The highest BCUT2D eigenvalue weighted by Crippen LogP contribution is 2.20. The van der Waals surface area contributed by atoms with Crippen molar-refractivity contribution in [1.82, 2.24) is 15.0 Å². The van der Waals surface area contributed by atoms with Gasteiger partial charge in [-0.3, -0.25) is 0 Å². The van der Waals surface area contributed by atoms with Crippen molar-refractivity contribution in [3.63, 3.8) is 0 Å². The first-order valence-corrected chi connectivity index (χ1v) is 6.76. The van der Waals surface area contributed by atoms with E-state index >= 15 is 0 Å². The van der Waals surface area contributed by atoms with Crippen molar-refractivity contribution in [3.05, 3.63) is 60.2 Å². The van der Waals surface area contributed by atoms with E-state index in [0.717, 1.165) is 28.5 Å². The summed E-state index contributed by atoms with van der Waals surface area (Å²) < 4.78 is 5.22. The Morgan fingerprint density at radius 2 is 1.86 bits per heavy atom. The molecule has 5 nitrogen and oxygen atoms in total. The summed E-state index contributed by atoms with van der Waals surface area (Å²) in [5, 5.41) is 3.34. The monoisotopic (exact) mass is 280 g/mol. The molecule has 0 unspecified atom stereocenters. The van der Waals surface area contributed by atoms with Gasteiger partial charge >= 0.3 is 0 Å². The van der Waals surface area contributed by atoms with Crippen molar-refractivity contribution in [2.45, 2.75) is 20.4 Å². The fraction of sp³-hybridized carbons (Fsp3) is 0.188. The zero-order chi connectivity index (χ0) is 14.7. The average molecular weight is 280 g/mol. The van der Waals surface area contributed by atoms with Crippen molar-refractivity contribution in [2.24, 2.45) is 0 Å². The number of nitrogens with one attached hydrogen (secondary N) is 1. The van der Waals surface area contributed by atoms with Gasteiger partial charge in [-0.25, -0.2) is 15.0 Å². The summed E-state index contributed by atoms with van der Waals surface area (Å²) in [7, 11) is 0. The molecule has 0 fully saturated rings. The van der Waals surface area contributed by atoms with Gasteiger partial charge in [0, 0.05) is 24.4 Å². The molecule has 0 amide bonds. The highest BCUT2D eigenvalue weighted by molar-refractivity contribution is 5.61. The number of nitrogens with zero attached hydrogens (tertiary/aromatic N) is 3. The van der Waals surface area contributed by atoms with Crippen LogP contribution < -0.4 is 5.32 Å². The first kappa shape index (κ1) is 13.3. The van der Waals surface area contributed by atoms with Crippen LogP contribution in [-0.2, 0) is 6.54 Å². The molecule has 2 aromatic heterocycles. The summed E-state index contributed by atoms with van der Waals surface area (Å²) in [4.78, 5) is 12.8. The molecule has 0 bridgehead atoms. The lowest BCUT2D eigenvalue weighted by atomic mass is 10.1. The Kier molecular flexibility index (Phi) is 3.64. The minimum absolute atomic E-state index is 0.672. The fourth-order valence-corrected chi connectivity index (χ4v) is 2.05. The summed E-state index contributed by atoms with van der Waals surface area (Å²) in [5.41, 5.74) is 3.90. The topological polar surface area (TPSA) is 63.8 Å². The third kappa shape index (κ3) is 3.25. The first-order chi connectivity index (χ1) is 10.2. The summed E-state index contributed by atoms with van der Waals surface area (Å²) >= 11 is 0. The van der Waals surface area contributed by atoms with Crippen LogP contribution in [0.15, 0.2) is 47.2 Å². The zero-order valence-corrected chi connectivity index (χ0v) is 12.0. The summed E-state index contributed by atoms with van der Waals surface area (Å²) in [6.45, 7) is 4.40. The number of oxazole rings is 1. The highest BCUT2D eigenvalue weighted by Gasteiger charge is 2.03. The summed E-state index contributed by atoms with van der Waals surface area (Å²) in [6, 6.07) is 9.99. The molecule has 0 atom stereocenters. The van der Waals surface area contributed by atoms with E-state index in [9.17, 15) is 0 Å². The van der Waals surface area contributed by atoms with Gasteiger partial charge in [-0.2, -0.15) is 0 Å². The Labute approximate surface area is 123 Å². The van der Waals surface area contributed by atoms with E-state index in [1.54, 1.807) is 12.5 Å². The predicted molar refractivity (Wildman–Crippen MR) is 80.8 cm³/mol. The molecule has 3 rings (SSSR count). The number of rotatable bonds is 4. The standard InChI is InChI=1S/C16H16N4O/c1-11-17-8-7-15(19-11)9-18-14-5-3-13(4-6-14)16-10-21-12(2)20-16/h3-8,10,18H,9H2,1-2H3. The largest absolute Gasteiger partial charge is 0.449 e. The molecule has 2 heterocycles. The molecular formula is C16H16N4O. The van der Waals surface area contributed by atoms with Crippen LogP contribution in [0.1, 0.15) is 17.4 Å². The molecule has 0 aliphatic rings. The second kappa shape index (κ2) is 5.75. The quantitative estimate of drug-likeness (QED) is 0.794. The normalized spacial score (nSPS) is 10.6. The van der Waals surface area contributed by atoms with E-state index in [2.05, 4.69) is 20.3 Å². The molecule has 0 aliphatic heterocycles. The Balaban J connectivity index is 1.67. The van der Waals surface area contributed by atoms with E-state index in [1.165, 1.54) is 0 Å². The Morgan fingerprint density at radius 3 is 2.52 bits per heavy atom. The van der Waals surface area contributed by atoms with Crippen molar-refractivity contribution >= 4 is 5.69 Å². The van der Waals surface area contributed by atoms with E-state index in [0.29, 0.717) is 12.4 Å². The number of benzene rings is 1. The number of aryl methyl sites for hydroxylation is 2. The predicted octanol–water partition coefficient (Wildman–Crippen LogP) is 3.36. The van der Waals surface area contributed by atoms with Crippen LogP contribution in [0.3, 0.4) is 0 Å². The van der Waals surface area contributed by atoms with Gasteiger partial charge in [0.2, 0.25) is 0 Å². The van der Waals surface area contributed by atoms with Crippen LogP contribution in [0.25, 0.3) is 11.3 Å². The van der Waals surface area contributed by atoms with Crippen molar-refractivity contribution in [3.8, 4) is 11.3 Å². The van der Waals surface area contributed by atoms with Gasteiger partial charge < -0.3 is 9.73 Å². The molecule has 0 aliphatic carbocycles. The maximum atomic E-state index is 5.22. The number of aromatic nitrogens is 3. The molecule has 0 saturated heterocycles. The minimum Gasteiger partial charge on any atom is -0.449 e. The van der Waals surface area contributed by atoms with Crippen LogP contribution in [0.2, 0.25) is 0 Å². The SMILES string of the molecule is Cc1nccc(CNc2ccc(-c3coc(C)n3)cc2)n1. The second-order valence-corrected chi connectivity index (χ2v) is 4.78. The lowest BCUT2D eigenvalue weighted by molar-refractivity contribution is 0.521. The van der Waals surface area contributed by atoms with Crippen LogP contribution in [-0.4, -0.2) is 15.0 Å². The number of hydrogen-bond acceptors (Lipinski definition) is 5. The maximum Gasteiger partial charge on any atom is 0.191 e. The third-order valence-electron chi connectivity index (χ3n) is 3.11. The number of hydrogen-bond donors (Lipinski definition) is 1. The Bertz CT molecular complexity index is 734. The molecule has 1 aromatic carbocycles. The summed E-state index contributed by atoms with van der Waals surface area (Å²) in [5.74, 6) is 1.46. The van der Waals surface area contributed by atoms with Gasteiger partial charge in [0.1, 0.15) is 17.8 Å². The second-order valence-electron chi connectivity index (χ2n) is 4.78. The van der Waals surface area contributed by atoms with Gasteiger partial charge in [0.05, 0.1) is 12.2 Å². The third-order valence-corrected chi connectivity index (χ3v) is 3.11. The zero-order valence-electron chi connectivity index (χ0n) is 12.0. The van der Waals surface area contributed by atoms with Crippen LogP contribution in [0.5, 0.6) is 0 Å². The molecule has 0 saturated carbocycles. The smallest absolute Gasteiger partial charge is 0.191 e. The molecule has 0 radical (unpaired) electrons. The van der Waals surface area contributed by atoms with E-state index in [4.69, 9.17) is 4.42 Å². The molecule has 3 aromatic rings.